The number of anilines is 1. The van der Waals surface area contributed by atoms with Gasteiger partial charge in [0.25, 0.3) is 0 Å². The molecule has 0 bridgehead atoms. The zero-order valence-electron chi connectivity index (χ0n) is 80.0. The van der Waals surface area contributed by atoms with Crippen LogP contribution in [0, 0.1) is 110 Å². The van der Waals surface area contributed by atoms with E-state index in [4.69, 9.17) is 52.1 Å². The van der Waals surface area contributed by atoms with E-state index in [1.54, 1.807) is 52.3 Å². The van der Waals surface area contributed by atoms with Gasteiger partial charge in [-0.15, -0.1) is 0 Å². The summed E-state index contributed by atoms with van der Waals surface area (Å²) in [6, 6.07) is 99.9. The normalized spacial score (nSPS) is 21.5. The minimum Gasteiger partial charge on any atom is -0.497 e. The lowest BCUT2D eigenvalue weighted by Gasteiger charge is -2.33. The van der Waals surface area contributed by atoms with Crippen molar-refractivity contribution >= 4 is 5.69 Å². The van der Waals surface area contributed by atoms with E-state index in [-0.39, 0.29) is 0 Å². The lowest BCUT2D eigenvalue weighted by molar-refractivity contribution is -0.239. The molecule has 3 aliphatic carbocycles. The van der Waals surface area contributed by atoms with Crippen molar-refractivity contribution in [2.75, 3.05) is 33.2 Å². The topological polar surface area (TPSA) is 105 Å². The summed E-state index contributed by atoms with van der Waals surface area (Å²) in [7, 11) is 7.24. The quantitative estimate of drug-likeness (QED) is 0.0538. The first-order valence-electron chi connectivity index (χ1n) is 45.6. The summed E-state index contributed by atoms with van der Waals surface area (Å²) < 4.78 is 67.2. The number of hydrogen-bond acceptors (Lipinski definition) is 12. The van der Waals surface area contributed by atoms with Crippen molar-refractivity contribution < 1.29 is 52.1 Å². The first kappa shape index (κ1) is 97.4. The van der Waals surface area contributed by atoms with Gasteiger partial charge in [-0.25, -0.2) is 0 Å². The van der Waals surface area contributed by atoms with Crippen molar-refractivity contribution in [3.63, 3.8) is 0 Å². The number of nitrogens with zero attached hydrogens (tertiary/aromatic N) is 1. The van der Waals surface area contributed by atoms with Gasteiger partial charge in [0, 0.05) is 36.5 Å². The molecule has 3 saturated carbocycles. The Morgan fingerprint density at radius 3 is 0.559 bits per heavy atom. The predicted octanol–water partition coefficient (Wildman–Crippen LogP) is 30.2. The molecule has 672 valence electrons. The molecule has 15 rings (SSSR count). The Bertz CT molecular complexity index is 4650. The predicted molar refractivity (Wildman–Crippen MR) is 524 cm³/mol. The zero-order valence-corrected chi connectivity index (χ0v) is 80.0. The minimum absolute atomic E-state index is 0.587. The molecule has 127 heavy (non-hydrogen) atoms. The molecule has 12 aromatic carbocycles. The van der Waals surface area contributed by atoms with E-state index in [2.05, 4.69) is 140 Å². The fourth-order valence-corrected chi connectivity index (χ4v) is 17.4. The third-order valence-corrected chi connectivity index (χ3v) is 27.6. The maximum Gasteiger partial charge on any atom is 0.414 e. The highest BCUT2D eigenvalue weighted by Crippen LogP contribution is 2.48. The van der Waals surface area contributed by atoms with Gasteiger partial charge in [0.1, 0.15) is 63.2 Å². The summed E-state index contributed by atoms with van der Waals surface area (Å²) in [4.78, 5) is 2.04. The number of methoxy groups -OCH3 is 2. The van der Waals surface area contributed by atoms with Crippen LogP contribution in [0.4, 0.5) is 5.69 Å². The van der Waals surface area contributed by atoms with Crippen molar-refractivity contribution in [1.82, 2.24) is 0 Å². The van der Waals surface area contributed by atoms with E-state index in [1.165, 1.54) is 0 Å². The van der Waals surface area contributed by atoms with Gasteiger partial charge in [0.05, 0.1) is 35.0 Å². The van der Waals surface area contributed by atoms with Crippen molar-refractivity contribution in [1.29, 1.82) is 0 Å². The number of para-hydroxylation sites is 3. The number of rotatable bonds is 24. The molecular weight excluding hydrogens is 1570 g/mol. The third kappa shape index (κ3) is 27.1. The summed E-state index contributed by atoms with van der Waals surface area (Å²) in [6.45, 7) is 47.4. The lowest BCUT2D eigenvalue weighted by Crippen LogP contribution is -2.45. The molecule has 0 heterocycles. The van der Waals surface area contributed by atoms with E-state index in [9.17, 15) is 0 Å². The van der Waals surface area contributed by atoms with Crippen LogP contribution in [-0.2, 0) is 0 Å². The second kappa shape index (κ2) is 45.6. The zero-order chi connectivity index (χ0) is 91.7. The molecule has 0 aromatic heterocycles. The fraction of sp³-hybridized carbons (Fsp3) is 0.374. The molecule has 0 saturated heterocycles. The Labute approximate surface area is 761 Å². The van der Waals surface area contributed by atoms with Gasteiger partial charge in [0.2, 0.25) is 0 Å². The van der Waals surface area contributed by atoms with Crippen molar-refractivity contribution in [3.05, 3.63) is 326 Å². The smallest absolute Gasteiger partial charge is 0.414 e. The second-order valence-corrected chi connectivity index (χ2v) is 36.2. The Kier molecular flexibility index (Phi) is 35.0. The van der Waals surface area contributed by atoms with Gasteiger partial charge in [-0.3, -0.25) is 0 Å². The van der Waals surface area contributed by atoms with Gasteiger partial charge in [-0.2, -0.15) is 0 Å². The average Bonchev–Trinajstić information content (AvgIpc) is 1.70. The fourth-order valence-electron chi connectivity index (χ4n) is 17.4. The van der Waals surface area contributed by atoms with Crippen LogP contribution in [-0.4, -0.2) is 46.2 Å². The van der Waals surface area contributed by atoms with Crippen LogP contribution in [0.2, 0.25) is 0 Å². The number of hydrogen-bond donors (Lipinski definition) is 0. The molecule has 3 fully saturated rings. The molecule has 0 spiro atoms. The Hall–Kier alpha value is -11.8. The Morgan fingerprint density at radius 1 is 0.197 bits per heavy atom. The monoisotopic (exact) mass is 1710 g/mol. The van der Waals surface area contributed by atoms with Crippen LogP contribution in [0.15, 0.2) is 309 Å². The molecule has 3 aliphatic rings. The van der Waals surface area contributed by atoms with Crippen LogP contribution in [0.5, 0.6) is 63.2 Å². The molecule has 0 atom stereocenters. The van der Waals surface area contributed by atoms with Crippen LogP contribution in [0.3, 0.4) is 0 Å². The van der Waals surface area contributed by atoms with Crippen LogP contribution in [0.25, 0.3) is 33.4 Å². The standard InChI is InChI=1S/C38H30O3.C24H27NO3.C23H24O5.3C10H20/c1-38(39-35-26-14-11-23-32(35)29-17-5-2-6-18-29,40-36-27-15-12-24-33(36)30-19-7-3-8-20-30)41-37-28-16-13-25-34(37)31-21-9-4-10-22-31;1-18-6-12-21(13-7-18)26-24(3,27-22-14-8-19(2)9-15-22)28-23-16-10-20(11-17-23)25(4)5;1-17-5-7-20(8-6-17)26-23(2,27-21-13-9-18(24-3)10-14-21)28-22-15-11-19(25-4)12-16-22;3*1-6-7(2)9(4)10(5)8(6)3/h2-28H,1H3;6-17H,1-5H3;5-16H,1-4H3;3*6-10H,1-5H3. The SMILES string of the molecule is CC(Oc1ccccc1-c1ccccc1)(Oc1ccccc1-c1ccccc1)Oc1ccccc1-c1ccccc1.CC1C(C)C(C)C(C)C1C.CC1C(C)C(C)C(C)C1C.CC1C(C)C(C)C(C)C1C.COc1ccc(OC(C)(Oc2ccc(C)cc2)Oc2ccc(OC)cc2)cc1.Cc1ccc(OC(C)(Oc2ccc(C)cc2)Oc2ccc(N(C)C)cc2)cc1. The molecule has 12 heteroatoms. The Morgan fingerprint density at radius 2 is 0.362 bits per heavy atom. The van der Waals surface area contributed by atoms with Crippen LogP contribution >= 0.6 is 0 Å². The van der Waals surface area contributed by atoms with Crippen LogP contribution < -0.4 is 57.0 Å². The molecule has 0 unspecified atom stereocenters. The molecule has 12 aromatic rings. The third-order valence-electron chi connectivity index (χ3n) is 27.6. The summed E-state index contributed by atoms with van der Waals surface area (Å²) in [5.41, 5.74) is 10.5. The lowest BCUT2D eigenvalue weighted by atomic mass is 9.92. The van der Waals surface area contributed by atoms with Crippen molar-refractivity contribution in [2.45, 2.75) is 163 Å². The molecule has 0 radical (unpaired) electrons. The highest BCUT2D eigenvalue weighted by atomic mass is 16.9. The largest absolute Gasteiger partial charge is 0.497 e. The summed E-state index contributed by atoms with van der Waals surface area (Å²) >= 11 is 0. The van der Waals surface area contributed by atoms with Crippen LogP contribution in [0.1, 0.15) is 141 Å². The van der Waals surface area contributed by atoms with Gasteiger partial charge >= 0.3 is 17.9 Å². The van der Waals surface area contributed by atoms with E-state index in [1.807, 2.05) is 295 Å². The van der Waals surface area contributed by atoms with Gasteiger partial charge < -0.3 is 57.0 Å². The van der Waals surface area contributed by atoms with E-state index < -0.39 is 17.9 Å². The minimum atomic E-state index is -1.53. The molecule has 12 nitrogen and oxygen atoms in total. The van der Waals surface area contributed by atoms with Gasteiger partial charge in [0.15, 0.2) is 0 Å². The van der Waals surface area contributed by atoms with Crippen molar-refractivity contribution in [3.8, 4) is 96.6 Å². The summed E-state index contributed by atoms with van der Waals surface area (Å²) in [5, 5.41) is 0. The molecule has 0 amide bonds. The van der Waals surface area contributed by atoms with Crippen molar-refractivity contribution in [2.24, 2.45) is 88.8 Å². The van der Waals surface area contributed by atoms with Gasteiger partial charge in [-0.05, 0) is 254 Å². The van der Waals surface area contributed by atoms with E-state index in [0.717, 1.165) is 156 Å². The first-order chi connectivity index (χ1) is 60.7. The number of ether oxygens (including phenoxy) is 11. The number of benzene rings is 12. The molecule has 0 aliphatic heterocycles. The van der Waals surface area contributed by atoms with Gasteiger partial charge in [-0.1, -0.05) is 303 Å². The maximum atomic E-state index is 6.73. The number of aryl methyl sites for hydroxylation is 3. The van der Waals surface area contributed by atoms with E-state index in [0.29, 0.717) is 51.7 Å². The second-order valence-electron chi connectivity index (χ2n) is 36.2. The first-order valence-corrected chi connectivity index (χ1v) is 45.6. The molecule has 0 N–H and O–H groups in total. The summed E-state index contributed by atoms with van der Waals surface area (Å²) in [6.07, 6.45) is 0. The maximum absolute atomic E-state index is 6.73. The Balaban J connectivity index is 0.000000173. The highest BCUT2D eigenvalue weighted by molar-refractivity contribution is 5.73. The average molecular weight is 1710 g/mol. The van der Waals surface area contributed by atoms with E-state index >= 15 is 0 Å². The summed E-state index contributed by atoms with van der Waals surface area (Å²) in [5.74, 6) is 17.0. The highest BCUT2D eigenvalue weighted by Gasteiger charge is 2.42. The molecular formula is C115H141NO11.